The molecule has 1 rings (SSSR count). The van der Waals surface area contributed by atoms with E-state index >= 15 is 0 Å². The lowest BCUT2D eigenvalue weighted by atomic mass is 9.74. The minimum absolute atomic E-state index is 0.0844. The molecule has 16 heavy (non-hydrogen) atoms. The molecular weight excluding hydrogens is 217 g/mol. The molecule has 0 saturated heterocycles. The van der Waals surface area contributed by atoms with E-state index < -0.39 is 18.7 Å². The van der Waals surface area contributed by atoms with Crippen LogP contribution >= 0.6 is 0 Å². The summed E-state index contributed by atoms with van der Waals surface area (Å²) in [7, 11) is 0. The van der Waals surface area contributed by atoms with E-state index in [1.807, 2.05) is 0 Å². The highest BCUT2D eigenvalue weighted by Gasteiger charge is 2.33. The Hall–Kier alpha value is -0.250. The van der Waals surface area contributed by atoms with E-state index in [9.17, 15) is 18.3 Å². The molecular formula is C12H21F3O. The molecule has 0 radical (unpaired) electrons. The first kappa shape index (κ1) is 13.8. The third kappa shape index (κ3) is 4.32. The minimum Gasteiger partial charge on any atom is -0.393 e. The number of hydrogen-bond donors (Lipinski definition) is 1. The van der Waals surface area contributed by atoms with Gasteiger partial charge in [0.15, 0.2) is 0 Å². The highest BCUT2D eigenvalue weighted by atomic mass is 19.4. The zero-order valence-electron chi connectivity index (χ0n) is 9.76. The summed E-state index contributed by atoms with van der Waals surface area (Å²) in [5.74, 6) is 0.498. The van der Waals surface area contributed by atoms with Crippen LogP contribution in [0, 0.1) is 11.8 Å². The Morgan fingerprint density at radius 2 is 1.88 bits per heavy atom. The number of alkyl halides is 3. The highest BCUT2D eigenvalue weighted by Crippen LogP contribution is 2.36. The third-order valence-electron chi connectivity index (χ3n) is 3.71. The van der Waals surface area contributed by atoms with Crippen molar-refractivity contribution in [2.45, 2.75) is 64.1 Å². The van der Waals surface area contributed by atoms with Crippen molar-refractivity contribution in [3.05, 3.63) is 0 Å². The quantitative estimate of drug-likeness (QED) is 0.787. The van der Waals surface area contributed by atoms with E-state index in [0.717, 1.165) is 32.1 Å². The third-order valence-corrected chi connectivity index (χ3v) is 3.71. The molecule has 1 aliphatic rings. The Bertz CT molecular complexity index is 203. The van der Waals surface area contributed by atoms with Crippen molar-refractivity contribution in [2.24, 2.45) is 11.8 Å². The van der Waals surface area contributed by atoms with Crippen molar-refractivity contribution in [1.82, 2.24) is 0 Å². The topological polar surface area (TPSA) is 20.2 Å². The lowest BCUT2D eigenvalue weighted by molar-refractivity contribution is -0.142. The first-order valence-corrected chi connectivity index (χ1v) is 6.19. The van der Waals surface area contributed by atoms with Gasteiger partial charge >= 0.3 is 6.18 Å². The second kappa shape index (κ2) is 5.89. The highest BCUT2D eigenvalue weighted by molar-refractivity contribution is 4.80. The Balaban J connectivity index is 2.41. The van der Waals surface area contributed by atoms with Crippen LogP contribution in [0.25, 0.3) is 0 Å². The van der Waals surface area contributed by atoms with Crippen LogP contribution in [0.3, 0.4) is 0 Å². The molecule has 0 aromatic heterocycles. The molecule has 3 unspecified atom stereocenters. The van der Waals surface area contributed by atoms with Gasteiger partial charge in [-0.2, -0.15) is 13.2 Å². The van der Waals surface area contributed by atoms with Gasteiger partial charge in [-0.05, 0) is 24.7 Å². The Morgan fingerprint density at radius 1 is 1.25 bits per heavy atom. The second-order valence-corrected chi connectivity index (χ2v) is 4.84. The molecule has 0 aromatic rings. The van der Waals surface area contributed by atoms with Crippen molar-refractivity contribution in [2.75, 3.05) is 0 Å². The van der Waals surface area contributed by atoms with Crippen LogP contribution in [0.1, 0.15) is 51.9 Å². The molecule has 0 aliphatic heterocycles. The van der Waals surface area contributed by atoms with Crippen LogP contribution in [-0.4, -0.2) is 17.4 Å². The van der Waals surface area contributed by atoms with Crippen LogP contribution in [-0.2, 0) is 0 Å². The summed E-state index contributed by atoms with van der Waals surface area (Å²) in [4.78, 5) is 0. The van der Waals surface area contributed by atoms with E-state index in [4.69, 9.17) is 0 Å². The van der Waals surface area contributed by atoms with Crippen LogP contribution in [0.5, 0.6) is 0 Å². The molecule has 0 heterocycles. The summed E-state index contributed by atoms with van der Waals surface area (Å²) in [5.41, 5.74) is 0. The fourth-order valence-electron chi connectivity index (χ4n) is 2.78. The first-order valence-electron chi connectivity index (χ1n) is 6.19. The normalized spacial score (nSPS) is 29.1. The van der Waals surface area contributed by atoms with Crippen molar-refractivity contribution in [1.29, 1.82) is 0 Å². The van der Waals surface area contributed by atoms with Gasteiger partial charge < -0.3 is 5.11 Å². The zero-order chi connectivity index (χ0) is 12.2. The van der Waals surface area contributed by atoms with E-state index in [1.54, 1.807) is 0 Å². The Kier molecular flexibility index (Phi) is 5.09. The average Bonchev–Trinajstić information content (AvgIpc) is 2.25. The van der Waals surface area contributed by atoms with Gasteiger partial charge in [-0.15, -0.1) is 0 Å². The molecule has 1 aliphatic carbocycles. The van der Waals surface area contributed by atoms with Gasteiger partial charge in [0.1, 0.15) is 0 Å². The second-order valence-electron chi connectivity index (χ2n) is 4.84. The Morgan fingerprint density at radius 3 is 2.44 bits per heavy atom. The lowest BCUT2D eigenvalue weighted by Gasteiger charge is -2.34. The molecule has 0 spiro atoms. The van der Waals surface area contributed by atoms with E-state index in [2.05, 4.69) is 6.92 Å². The van der Waals surface area contributed by atoms with Gasteiger partial charge in [0.05, 0.1) is 6.10 Å². The lowest BCUT2D eigenvalue weighted by Crippen LogP contribution is -2.31. The predicted octanol–water partition coefficient (Wildman–Crippen LogP) is 3.91. The van der Waals surface area contributed by atoms with Gasteiger partial charge in [-0.3, -0.25) is 0 Å². The standard InChI is InChI=1S/C12H21F3O/c1-2-9-5-3-4-6-10(9)11(16)7-8-12(13,14)15/h9-11,16H,2-8H2,1H3. The summed E-state index contributed by atoms with van der Waals surface area (Å²) in [5, 5.41) is 9.84. The number of halogens is 3. The molecule has 3 atom stereocenters. The Labute approximate surface area is 95.0 Å². The van der Waals surface area contributed by atoms with Crippen LogP contribution in [0.15, 0.2) is 0 Å². The summed E-state index contributed by atoms with van der Waals surface area (Å²) in [6, 6.07) is 0. The van der Waals surface area contributed by atoms with Gasteiger partial charge in [0.2, 0.25) is 0 Å². The smallest absolute Gasteiger partial charge is 0.389 e. The maximum atomic E-state index is 12.1. The average molecular weight is 238 g/mol. The van der Waals surface area contributed by atoms with Gasteiger partial charge in [0, 0.05) is 6.42 Å². The maximum Gasteiger partial charge on any atom is 0.389 e. The molecule has 0 bridgehead atoms. The van der Waals surface area contributed by atoms with E-state index in [0.29, 0.717) is 5.92 Å². The zero-order valence-corrected chi connectivity index (χ0v) is 9.76. The molecule has 4 heteroatoms. The van der Waals surface area contributed by atoms with Gasteiger partial charge in [0.25, 0.3) is 0 Å². The fourth-order valence-corrected chi connectivity index (χ4v) is 2.78. The summed E-state index contributed by atoms with van der Waals surface area (Å²) >= 11 is 0. The first-order chi connectivity index (χ1) is 7.44. The molecule has 1 saturated carbocycles. The number of rotatable bonds is 4. The van der Waals surface area contributed by atoms with Crippen molar-refractivity contribution in [3.63, 3.8) is 0 Å². The van der Waals surface area contributed by atoms with Gasteiger partial charge in [-0.25, -0.2) is 0 Å². The molecule has 1 nitrogen and oxygen atoms in total. The molecule has 96 valence electrons. The minimum atomic E-state index is -4.14. The molecule has 1 fully saturated rings. The van der Waals surface area contributed by atoms with Crippen LogP contribution in [0.4, 0.5) is 13.2 Å². The maximum absolute atomic E-state index is 12.1. The van der Waals surface area contributed by atoms with Crippen LogP contribution < -0.4 is 0 Å². The number of aliphatic hydroxyl groups is 1. The van der Waals surface area contributed by atoms with Crippen molar-refractivity contribution < 1.29 is 18.3 Å². The summed E-state index contributed by atoms with van der Waals surface area (Å²) < 4.78 is 36.2. The molecule has 0 aromatic carbocycles. The van der Waals surface area contributed by atoms with E-state index in [1.165, 1.54) is 0 Å². The fraction of sp³-hybridized carbons (Fsp3) is 1.00. The van der Waals surface area contributed by atoms with Crippen LogP contribution in [0.2, 0.25) is 0 Å². The predicted molar refractivity (Wildman–Crippen MR) is 57.0 cm³/mol. The molecule has 1 N–H and O–H groups in total. The number of aliphatic hydroxyl groups excluding tert-OH is 1. The SMILES string of the molecule is CCC1CCCCC1C(O)CCC(F)(F)F. The number of hydrogen-bond acceptors (Lipinski definition) is 1. The van der Waals surface area contributed by atoms with E-state index in [-0.39, 0.29) is 12.3 Å². The summed E-state index contributed by atoms with van der Waals surface area (Å²) in [6.45, 7) is 2.06. The van der Waals surface area contributed by atoms with Crippen molar-refractivity contribution >= 4 is 0 Å². The molecule has 0 amide bonds. The van der Waals surface area contributed by atoms with Gasteiger partial charge in [-0.1, -0.05) is 32.6 Å². The summed E-state index contributed by atoms with van der Waals surface area (Å²) in [6.07, 6.45) is -0.795. The van der Waals surface area contributed by atoms with Crippen molar-refractivity contribution in [3.8, 4) is 0 Å². The monoisotopic (exact) mass is 238 g/mol. The largest absolute Gasteiger partial charge is 0.393 e.